The number of aliphatic hydroxyl groups is 1. The number of hydrogen-bond donors (Lipinski definition) is 1. The Kier molecular flexibility index (Phi) is 3.36. The van der Waals surface area contributed by atoms with E-state index in [1.165, 1.54) is 0 Å². The van der Waals surface area contributed by atoms with Crippen LogP contribution in [0.15, 0.2) is 41.0 Å². The first kappa shape index (κ1) is 12.4. The summed E-state index contributed by atoms with van der Waals surface area (Å²) in [5.41, 5.74) is 1.87. The zero-order chi connectivity index (χ0) is 13.2. The minimum atomic E-state index is -0.547. The summed E-state index contributed by atoms with van der Waals surface area (Å²) in [7, 11) is 0. The molecule has 0 aliphatic rings. The van der Waals surface area contributed by atoms with Gasteiger partial charge in [0, 0.05) is 18.4 Å². The number of nitrogens with zero attached hydrogens (tertiary/aromatic N) is 1. The van der Waals surface area contributed by atoms with Crippen LogP contribution in [0.3, 0.4) is 0 Å². The van der Waals surface area contributed by atoms with E-state index >= 15 is 0 Å². The van der Waals surface area contributed by atoms with Gasteiger partial charge < -0.3 is 9.52 Å². The van der Waals surface area contributed by atoms with Gasteiger partial charge in [-0.2, -0.15) is 0 Å². The van der Waals surface area contributed by atoms with Gasteiger partial charge >= 0.3 is 0 Å². The van der Waals surface area contributed by atoms with E-state index in [1.807, 2.05) is 31.2 Å². The topological polar surface area (TPSA) is 46.3 Å². The van der Waals surface area contributed by atoms with E-state index in [1.54, 1.807) is 17.6 Å². The van der Waals surface area contributed by atoms with E-state index in [2.05, 4.69) is 11.1 Å². The number of hydrogen-bond acceptors (Lipinski definition) is 4. The van der Waals surface area contributed by atoms with Crippen LogP contribution in [0.4, 0.5) is 0 Å². The van der Waals surface area contributed by atoms with Gasteiger partial charge in [0.1, 0.15) is 5.76 Å². The highest BCUT2D eigenvalue weighted by Crippen LogP contribution is 2.28. The molecule has 2 heterocycles. The minimum Gasteiger partial charge on any atom is -0.469 e. The van der Waals surface area contributed by atoms with Crippen LogP contribution in [-0.4, -0.2) is 10.1 Å². The van der Waals surface area contributed by atoms with Gasteiger partial charge in [0.2, 0.25) is 0 Å². The predicted octanol–water partition coefficient (Wildman–Crippen LogP) is 3.73. The van der Waals surface area contributed by atoms with Gasteiger partial charge in [0.05, 0.1) is 27.6 Å². The van der Waals surface area contributed by atoms with Crippen LogP contribution in [0, 0.1) is 0 Å². The molecule has 0 saturated carbocycles. The van der Waals surface area contributed by atoms with E-state index in [-0.39, 0.29) is 0 Å². The molecule has 0 amide bonds. The summed E-state index contributed by atoms with van der Waals surface area (Å²) in [6.07, 6.45) is 2.41. The minimum absolute atomic E-state index is 0.534. The second kappa shape index (κ2) is 5.15. The molecule has 3 aromatic rings. The van der Waals surface area contributed by atoms with E-state index in [0.29, 0.717) is 6.42 Å². The Morgan fingerprint density at radius 2 is 2.16 bits per heavy atom. The summed E-state index contributed by atoms with van der Waals surface area (Å²) in [6, 6.07) is 9.88. The maximum atomic E-state index is 10.3. The Morgan fingerprint density at radius 1 is 1.32 bits per heavy atom. The lowest BCUT2D eigenvalue weighted by atomic mass is 10.1. The summed E-state index contributed by atoms with van der Waals surface area (Å²) in [5.74, 6) is 0.855. The molecule has 0 saturated heterocycles. The van der Waals surface area contributed by atoms with Gasteiger partial charge in [0.25, 0.3) is 0 Å². The van der Waals surface area contributed by atoms with Crippen molar-refractivity contribution in [2.45, 2.75) is 25.9 Å². The Balaban J connectivity index is 1.84. The van der Waals surface area contributed by atoms with Crippen molar-refractivity contribution in [3.8, 4) is 0 Å². The number of para-hydroxylation sites is 1. The normalized spacial score (nSPS) is 12.9. The summed E-state index contributed by atoms with van der Waals surface area (Å²) >= 11 is 1.63. The fourth-order valence-electron chi connectivity index (χ4n) is 2.22. The number of furan rings is 1. The van der Waals surface area contributed by atoms with Crippen LogP contribution in [0.2, 0.25) is 0 Å². The number of aryl methyl sites for hydroxylation is 1. The van der Waals surface area contributed by atoms with Crippen LogP contribution in [0.5, 0.6) is 0 Å². The lowest BCUT2D eigenvalue weighted by Gasteiger charge is -2.07. The molecule has 2 aromatic heterocycles. The molecule has 1 atom stereocenters. The van der Waals surface area contributed by atoms with Crippen molar-refractivity contribution >= 4 is 21.6 Å². The molecule has 98 valence electrons. The quantitative estimate of drug-likeness (QED) is 0.788. The van der Waals surface area contributed by atoms with Gasteiger partial charge in [-0.05, 0) is 18.2 Å². The molecule has 0 aliphatic heterocycles. The largest absolute Gasteiger partial charge is 0.469 e. The van der Waals surface area contributed by atoms with Gasteiger partial charge in [-0.25, -0.2) is 4.98 Å². The van der Waals surface area contributed by atoms with Crippen molar-refractivity contribution in [1.29, 1.82) is 0 Å². The second-order valence-electron chi connectivity index (χ2n) is 4.45. The lowest BCUT2D eigenvalue weighted by molar-refractivity contribution is 0.176. The molecule has 1 aromatic carbocycles. The third kappa shape index (κ3) is 2.41. The van der Waals surface area contributed by atoms with Crippen LogP contribution in [0.1, 0.15) is 29.4 Å². The third-order valence-electron chi connectivity index (χ3n) is 3.17. The van der Waals surface area contributed by atoms with E-state index in [0.717, 1.165) is 33.0 Å². The van der Waals surface area contributed by atoms with Gasteiger partial charge in [0.15, 0.2) is 0 Å². The maximum absolute atomic E-state index is 10.3. The highest BCUT2D eigenvalue weighted by molar-refractivity contribution is 7.18. The SMILES string of the molecule is CCc1occc1C(O)Cc1nc2ccccc2s1. The Bertz CT molecular complexity index is 653. The number of fused-ring (bicyclic) bond motifs is 1. The number of thiazole rings is 1. The summed E-state index contributed by atoms with van der Waals surface area (Å²) < 4.78 is 6.51. The first-order chi connectivity index (χ1) is 9.28. The number of benzene rings is 1. The first-order valence-electron chi connectivity index (χ1n) is 6.36. The first-order valence-corrected chi connectivity index (χ1v) is 7.18. The molecule has 3 rings (SSSR count). The Morgan fingerprint density at radius 3 is 2.95 bits per heavy atom. The fraction of sp³-hybridized carbons (Fsp3) is 0.267. The van der Waals surface area contributed by atoms with E-state index in [4.69, 9.17) is 4.42 Å². The third-order valence-corrected chi connectivity index (χ3v) is 4.22. The van der Waals surface area contributed by atoms with Crippen molar-refractivity contribution in [2.24, 2.45) is 0 Å². The van der Waals surface area contributed by atoms with Crippen molar-refractivity contribution in [3.05, 3.63) is 52.9 Å². The highest BCUT2D eigenvalue weighted by Gasteiger charge is 2.16. The molecule has 1 unspecified atom stereocenters. The van der Waals surface area contributed by atoms with Crippen molar-refractivity contribution < 1.29 is 9.52 Å². The van der Waals surface area contributed by atoms with Crippen molar-refractivity contribution in [2.75, 3.05) is 0 Å². The maximum Gasteiger partial charge on any atom is 0.109 e. The van der Waals surface area contributed by atoms with Crippen LogP contribution in [0.25, 0.3) is 10.2 Å². The number of rotatable bonds is 4. The van der Waals surface area contributed by atoms with Gasteiger partial charge in [-0.3, -0.25) is 0 Å². The summed E-state index contributed by atoms with van der Waals surface area (Å²) in [4.78, 5) is 4.55. The Labute approximate surface area is 115 Å². The number of aromatic nitrogens is 1. The van der Waals surface area contributed by atoms with Crippen LogP contribution < -0.4 is 0 Å². The van der Waals surface area contributed by atoms with E-state index in [9.17, 15) is 5.11 Å². The molecule has 0 aliphatic carbocycles. The zero-order valence-electron chi connectivity index (χ0n) is 10.7. The Hall–Kier alpha value is -1.65. The van der Waals surface area contributed by atoms with Crippen LogP contribution >= 0.6 is 11.3 Å². The average Bonchev–Trinajstić information content (AvgIpc) is 3.03. The van der Waals surface area contributed by atoms with Crippen molar-refractivity contribution in [1.82, 2.24) is 4.98 Å². The van der Waals surface area contributed by atoms with E-state index < -0.39 is 6.10 Å². The smallest absolute Gasteiger partial charge is 0.109 e. The molecule has 3 nitrogen and oxygen atoms in total. The molecule has 0 bridgehead atoms. The fourth-order valence-corrected chi connectivity index (χ4v) is 3.22. The molecule has 19 heavy (non-hydrogen) atoms. The zero-order valence-corrected chi connectivity index (χ0v) is 11.5. The molecular weight excluding hydrogens is 258 g/mol. The molecule has 0 radical (unpaired) electrons. The lowest BCUT2D eigenvalue weighted by Crippen LogP contribution is -2.02. The monoisotopic (exact) mass is 273 g/mol. The molecule has 4 heteroatoms. The number of aliphatic hydroxyl groups excluding tert-OH is 1. The predicted molar refractivity (Wildman–Crippen MR) is 76.4 cm³/mol. The van der Waals surface area contributed by atoms with Crippen molar-refractivity contribution in [3.63, 3.8) is 0 Å². The average molecular weight is 273 g/mol. The molecule has 0 fully saturated rings. The van der Waals surface area contributed by atoms with Gasteiger partial charge in [-0.15, -0.1) is 11.3 Å². The van der Waals surface area contributed by atoms with Gasteiger partial charge in [-0.1, -0.05) is 19.1 Å². The highest BCUT2D eigenvalue weighted by atomic mass is 32.1. The summed E-state index contributed by atoms with van der Waals surface area (Å²) in [6.45, 7) is 2.02. The molecule has 0 spiro atoms. The summed E-state index contributed by atoms with van der Waals surface area (Å²) in [5, 5.41) is 11.3. The van der Waals surface area contributed by atoms with Crippen LogP contribution in [-0.2, 0) is 12.8 Å². The second-order valence-corrected chi connectivity index (χ2v) is 5.56. The standard InChI is InChI=1S/C15H15NO2S/c1-2-13-10(7-8-18-13)12(17)9-15-16-11-5-3-4-6-14(11)19-15/h3-8,12,17H,2,9H2,1H3. The molecule has 1 N–H and O–H groups in total. The molecular formula is C15H15NO2S.